The Labute approximate surface area is 76.6 Å². The van der Waals surface area contributed by atoms with Crippen LogP contribution in [-0.4, -0.2) is 22.2 Å². The van der Waals surface area contributed by atoms with Gasteiger partial charge in [-0.2, -0.15) is 0 Å². The molecule has 74 valence electrons. The average Bonchev–Trinajstić information content (AvgIpc) is 2.03. The first-order chi connectivity index (χ1) is 6.09. The van der Waals surface area contributed by atoms with Gasteiger partial charge in [0.25, 0.3) is 0 Å². The highest BCUT2D eigenvalue weighted by Crippen LogP contribution is 2.31. The van der Waals surface area contributed by atoms with E-state index in [4.69, 9.17) is 10.2 Å². The number of rotatable bonds is 3. The van der Waals surface area contributed by atoms with Crippen molar-refractivity contribution in [2.24, 2.45) is 11.8 Å². The molecule has 2 N–H and O–H groups in total. The molecular formula is C9H14O4. The van der Waals surface area contributed by atoms with Gasteiger partial charge in [0.15, 0.2) is 0 Å². The molecule has 0 amide bonds. The molecule has 0 aliphatic heterocycles. The lowest BCUT2D eigenvalue weighted by molar-refractivity contribution is -0.145. The van der Waals surface area contributed by atoms with Crippen LogP contribution in [-0.2, 0) is 9.59 Å². The summed E-state index contributed by atoms with van der Waals surface area (Å²) in [7, 11) is 0. The summed E-state index contributed by atoms with van der Waals surface area (Å²) >= 11 is 0. The first-order valence-electron chi connectivity index (χ1n) is 4.54. The molecule has 1 aliphatic carbocycles. The van der Waals surface area contributed by atoms with E-state index < -0.39 is 11.9 Å². The maximum atomic E-state index is 10.6. The van der Waals surface area contributed by atoms with E-state index in [-0.39, 0.29) is 18.3 Å². The third-order valence-electron chi connectivity index (χ3n) is 2.60. The largest absolute Gasteiger partial charge is 0.481 e. The van der Waals surface area contributed by atoms with Gasteiger partial charge in [0.1, 0.15) is 0 Å². The molecule has 1 aliphatic rings. The predicted molar refractivity (Wildman–Crippen MR) is 45.3 cm³/mol. The van der Waals surface area contributed by atoms with Crippen LogP contribution in [0.4, 0.5) is 0 Å². The van der Waals surface area contributed by atoms with Crippen LogP contribution in [0.1, 0.15) is 32.1 Å². The van der Waals surface area contributed by atoms with Gasteiger partial charge in [-0.05, 0) is 25.2 Å². The van der Waals surface area contributed by atoms with Crippen LogP contribution in [0.25, 0.3) is 0 Å². The van der Waals surface area contributed by atoms with E-state index >= 15 is 0 Å². The topological polar surface area (TPSA) is 74.6 Å². The SMILES string of the molecule is O=C(O)C[C@@H]1CCC[C@@H](C(=O)O)C1. The number of hydrogen-bond donors (Lipinski definition) is 2. The molecule has 4 nitrogen and oxygen atoms in total. The molecule has 2 atom stereocenters. The summed E-state index contributed by atoms with van der Waals surface area (Å²) in [5, 5.41) is 17.3. The van der Waals surface area contributed by atoms with Crippen molar-refractivity contribution in [3.63, 3.8) is 0 Å². The lowest BCUT2D eigenvalue weighted by atomic mass is 9.80. The lowest BCUT2D eigenvalue weighted by Crippen LogP contribution is -2.23. The van der Waals surface area contributed by atoms with Crippen LogP contribution in [0.15, 0.2) is 0 Å². The van der Waals surface area contributed by atoms with Crippen molar-refractivity contribution in [2.45, 2.75) is 32.1 Å². The van der Waals surface area contributed by atoms with Crippen molar-refractivity contribution in [1.29, 1.82) is 0 Å². The predicted octanol–water partition coefficient (Wildman–Crippen LogP) is 1.35. The monoisotopic (exact) mass is 186 g/mol. The van der Waals surface area contributed by atoms with Crippen molar-refractivity contribution in [3.8, 4) is 0 Å². The van der Waals surface area contributed by atoms with Crippen LogP contribution in [0, 0.1) is 11.8 Å². The molecule has 0 unspecified atom stereocenters. The van der Waals surface area contributed by atoms with Gasteiger partial charge in [0.05, 0.1) is 5.92 Å². The van der Waals surface area contributed by atoms with Crippen LogP contribution in [0.3, 0.4) is 0 Å². The Hall–Kier alpha value is -1.06. The van der Waals surface area contributed by atoms with Gasteiger partial charge >= 0.3 is 11.9 Å². The van der Waals surface area contributed by atoms with Gasteiger partial charge in [0, 0.05) is 6.42 Å². The number of hydrogen-bond acceptors (Lipinski definition) is 2. The fourth-order valence-corrected chi connectivity index (χ4v) is 1.95. The maximum absolute atomic E-state index is 10.6. The minimum Gasteiger partial charge on any atom is -0.481 e. The second-order valence-corrected chi connectivity index (χ2v) is 3.67. The molecule has 0 saturated heterocycles. The van der Waals surface area contributed by atoms with Gasteiger partial charge in [-0.15, -0.1) is 0 Å². The van der Waals surface area contributed by atoms with E-state index in [1.54, 1.807) is 0 Å². The van der Waals surface area contributed by atoms with Crippen LogP contribution in [0.2, 0.25) is 0 Å². The summed E-state index contributed by atoms with van der Waals surface area (Å²) in [6.45, 7) is 0. The fourth-order valence-electron chi connectivity index (χ4n) is 1.95. The molecule has 4 heteroatoms. The summed E-state index contributed by atoms with van der Waals surface area (Å²) in [6.07, 6.45) is 3.04. The van der Waals surface area contributed by atoms with Crippen molar-refractivity contribution < 1.29 is 19.8 Å². The second kappa shape index (κ2) is 4.25. The van der Waals surface area contributed by atoms with E-state index in [1.807, 2.05) is 0 Å². The first-order valence-corrected chi connectivity index (χ1v) is 4.54. The summed E-state index contributed by atoms with van der Waals surface area (Å²) in [5.41, 5.74) is 0. The summed E-state index contributed by atoms with van der Waals surface area (Å²) in [5.74, 6) is -1.86. The summed E-state index contributed by atoms with van der Waals surface area (Å²) in [6, 6.07) is 0. The molecular weight excluding hydrogens is 172 g/mol. The third-order valence-corrected chi connectivity index (χ3v) is 2.60. The average molecular weight is 186 g/mol. The molecule has 0 radical (unpaired) electrons. The van der Waals surface area contributed by atoms with Crippen LogP contribution in [0.5, 0.6) is 0 Å². The Morgan fingerprint density at radius 2 is 1.92 bits per heavy atom. The number of carboxylic acids is 2. The van der Waals surface area contributed by atoms with E-state index in [0.717, 1.165) is 12.8 Å². The van der Waals surface area contributed by atoms with Crippen LogP contribution >= 0.6 is 0 Å². The Bertz CT molecular complexity index is 212. The Kier molecular flexibility index (Phi) is 3.28. The third kappa shape index (κ3) is 3.05. The highest BCUT2D eigenvalue weighted by Gasteiger charge is 2.27. The minimum absolute atomic E-state index is 0.0624. The second-order valence-electron chi connectivity index (χ2n) is 3.67. The Morgan fingerprint density at radius 3 is 2.46 bits per heavy atom. The Balaban J connectivity index is 2.41. The molecule has 0 spiro atoms. The van der Waals surface area contributed by atoms with Crippen molar-refractivity contribution >= 4 is 11.9 Å². The zero-order chi connectivity index (χ0) is 9.84. The molecule has 0 heterocycles. The van der Waals surface area contributed by atoms with Crippen LogP contribution < -0.4 is 0 Å². The van der Waals surface area contributed by atoms with Crippen molar-refractivity contribution in [3.05, 3.63) is 0 Å². The van der Waals surface area contributed by atoms with Gasteiger partial charge in [-0.1, -0.05) is 6.42 Å². The molecule has 1 fully saturated rings. The molecule has 1 saturated carbocycles. The van der Waals surface area contributed by atoms with Crippen molar-refractivity contribution in [2.75, 3.05) is 0 Å². The summed E-state index contributed by atoms with van der Waals surface area (Å²) < 4.78 is 0. The molecule has 0 aromatic heterocycles. The molecule has 13 heavy (non-hydrogen) atoms. The van der Waals surface area contributed by atoms with Gasteiger partial charge in [0.2, 0.25) is 0 Å². The highest BCUT2D eigenvalue weighted by atomic mass is 16.4. The smallest absolute Gasteiger partial charge is 0.306 e. The lowest BCUT2D eigenvalue weighted by Gasteiger charge is -2.25. The quantitative estimate of drug-likeness (QED) is 0.697. The molecule has 1 rings (SSSR count). The number of carbonyl (C=O) groups is 2. The highest BCUT2D eigenvalue weighted by molar-refractivity contribution is 5.70. The van der Waals surface area contributed by atoms with E-state index in [0.29, 0.717) is 12.8 Å². The van der Waals surface area contributed by atoms with Gasteiger partial charge < -0.3 is 10.2 Å². The first kappa shape index (κ1) is 10.0. The molecule has 0 aromatic carbocycles. The Morgan fingerprint density at radius 1 is 1.23 bits per heavy atom. The standard InChI is InChI=1S/C9H14O4/c10-8(11)5-6-2-1-3-7(4-6)9(12)13/h6-7H,1-5H2,(H,10,11)(H,12,13)/t6-,7-/m1/s1. The number of carboxylic acid groups (broad SMARTS) is 2. The zero-order valence-corrected chi connectivity index (χ0v) is 7.40. The van der Waals surface area contributed by atoms with E-state index in [2.05, 4.69) is 0 Å². The van der Waals surface area contributed by atoms with E-state index in [9.17, 15) is 9.59 Å². The van der Waals surface area contributed by atoms with Crippen molar-refractivity contribution in [1.82, 2.24) is 0 Å². The van der Waals surface area contributed by atoms with Gasteiger partial charge in [-0.25, -0.2) is 0 Å². The van der Waals surface area contributed by atoms with Gasteiger partial charge in [-0.3, -0.25) is 9.59 Å². The van der Waals surface area contributed by atoms with E-state index in [1.165, 1.54) is 0 Å². The molecule has 0 aromatic rings. The normalized spacial score (nSPS) is 28.3. The fraction of sp³-hybridized carbons (Fsp3) is 0.778. The molecule has 0 bridgehead atoms. The maximum Gasteiger partial charge on any atom is 0.306 e. The summed E-state index contributed by atoms with van der Waals surface area (Å²) in [4.78, 5) is 21.0. The minimum atomic E-state index is -0.823. The zero-order valence-electron chi connectivity index (χ0n) is 7.40. The number of aliphatic carboxylic acids is 2.